The highest BCUT2D eigenvalue weighted by atomic mass is 79.9. The molecule has 0 bridgehead atoms. The van der Waals surface area contributed by atoms with Gasteiger partial charge in [-0.1, -0.05) is 87.0 Å². The van der Waals surface area contributed by atoms with Crippen molar-refractivity contribution < 1.29 is 14.3 Å². The van der Waals surface area contributed by atoms with Gasteiger partial charge in [-0.2, -0.15) is 0 Å². The number of amides is 2. The van der Waals surface area contributed by atoms with Gasteiger partial charge in [0.2, 0.25) is 5.91 Å². The summed E-state index contributed by atoms with van der Waals surface area (Å²) in [6, 6.07) is 23.0. The lowest BCUT2D eigenvalue weighted by atomic mass is 10.0. The molecule has 3 aromatic rings. The van der Waals surface area contributed by atoms with Crippen LogP contribution in [0.25, 0.3) is 0 Å². The van der Waals surface area contributed by atoms with E-state index in [0.29, 0.717) is 31.2 Å². The quantitative estimate of drug-likeness (QED) is 0.288. The van der Waals surface area contributed by atoms with Crippen molar-refractivity contribution in [2.24, 2.45) is 5.92 Å². The van der Waals surface area contributed by atoms with Gasteiger partial charge in [-0.25, -0.2) is 0 Å². The van der Waals surface area contributed by atoms with E-state index in [4.69, 9.17) is 4.74 Å². The second kappa shape index (κ2) is 14.0. The number of ether oxygens (including phenoxy) is 1. The first-order chi connectivity index (χ1) is 17.8. The van der Waals surface area contributed by atoms with Crippen molar-refractivity contribution in [3.05, 3.63) is 99.5 Å². The van der Waals surface area contributed by atoms with Crippen LogP contribution in [0.3, 0.4) is 0 Å². The van der Waals surface area contributed by atoms with Crippen LogP contribution in [-0.4, -0.2) is 35.9 Å². The molecule has 2 amide bonds. The molecule has 196 valence electrons. The van der Waals surface area contributed by atoms with E-state index in [1.54, 1.807) is 4.90 Å². The lowest BCUT2D eigenvalue weighted by Crippen LogP contribution is -2.52. The van der Waals surface area contributed by atoms with Gasteiger partial charge in [0.05, 0.1) is 4.47 Å². The Morgan fingerprint density at radius 3 is 2.32 bits per heavy atom. The zero-order valence-corrected chi connectivity index (χ0v) is 23.8. The molecule has 0 aliphatic carbocycles. The van der Waals surface area contributed by atoms with E-state index in [1.165, 1.54) is 5.56 Å². The van der Waals surface area contributed by atoms with Gasteiger partial charge in [-0.15, -0.1) is 0 Å². The van der Waals surface area contributed by atoms with Gasteiger partial charge in [0, 0.05) is 19.5 Å². The van der Waals surface area contributed by atoms with Crippen LogP contribution in [0, 0.1) is 12.8 Å². The van der Waals surface area contributed by atoms with Crippen LogP contribution < -0.4 is 10.1 Å². The summed E-state index contributed by atoms with van der Waals surface area (Å²) in [6.07, 6.45) is 1.33. The molecule has 0 aliphatic rings. The Labute approximate surface area is 229 Å². The van der Waals surface area contributed by atoms with Gasteiger partial charge in [0.25, 0.3) is 5.91 Å². The Morgan fingerprint density at radius 2 is 1.68 bits per heavy atom. The Balaban J connectivity index is 1.90. The molecule has 1 N–H and O–H groups in total. The third-order valence-electron chi connectivity index (χ3n) is 6.15. The third-order valence-corrected chi connectivity index (χ3v) is 6.77. The first-order valence-corrected chi connectivity index (χ1v) is 13.6. The Hall–Kier alpha value is -3.12. The van der Waals surface area contributed by atoms with Crippen molar-refractivity contribution in [1.82, 2.24) is 10.2 Å². The first kappa shape index (κ1) is 28.5. The smallest absolute Gasteiger partial charge is 0.261 e. The molecular formula is C31H37BrN2O3. The average Bonchev–Trinajstić information content (AvgIpc) is 2.89. The molecule has 3 aromatic carbocycles. The largest absolute Gasteiger partial charge is 0.483 e. The Kier molecular flexibility index (Phi) is 10.8. The van der Waals surface area contributed by atoms with Gasteiger partial charge in [0.15, 0.2) is 6.61 Å². The number of hydrogen-bond donors (Lipinski definition) is 1. The first-order valence-electron chi connectivity index (χ1n) is 12.8. The molecule has 5 nitrogen and oxygen atoms in total. The maximum absolute atomic E-state index is 13.7. The molecule has 0 saturated heterocycles. The molecule has 1 atom stereocenters. The highest BCUT2D eigenvalue weighted by Crippen LogP contribution is 2.26. The van der Waals surface area contributed by atoms with Crippen molar-refractivity contribution in [2.45, 2.75) is 53.1 Å². The Morgan fingerprint density at radius 1 is 0.946 bits per heavy atom. The molecule has 0 aromatic heterocycles. The molecule has 0 aliphatic heterocycles. The molecule has 0 fully saturated rings. The summed E-state index contributed by atoms with van der Waals surface area (Å²) in [5, 5.41) is 3.05. The van der Waals surface area contributed by atoms with Crippen molar-refractivity contribution >= 4 is 27.7 Å². The van der Waals surface area contributed by atoms with Crippen LogP contribution in [0.5, 0.6) is 5.75 Å². The van der Waals surface area contributed by atoms with E-state index in [1.807, 2.05) is 79.7 Å². The molecule has 0 unspecified atom stereocenters. The number of carbonyl (C=O) groups is 2. The summed E-state index contributed by atoms with van der Waals surface area (Å²) < 4.78 is 6.75. The standard InChI is InChI=1S/C31H37BrN2O3/c1-5-24-14-15-29(27(32)17-24)37-21-30(35)34(20-26-13-9-10-23(4)16-26)28(31(36)33-19-22(2)3)18-25-11-7-6-8-12-25/h6-17,22,28H,5,18-21H2,1-4H3,(H,33,36)/t28-/m1/s1. The fourth-order valence-electron chi connectivity index (χ4n) is 4.09. The van der Waals surface area contributed by atoms with Gasteiger partial charge in [0.1, 0.15) is 11.8 Å². The van der Waals surface area contributed by atoms with E-state index in [0.717, 1.165) is 27.6 Å². The summed E-state index contributed by atoms with van der Waals surface area (Å²) in [7, 11) is 0. The summed E-state index contributed by atoms with van der Waals surface area (Å²) >= 11 is 3.55. The van der Waals surface area contributed by atoms with E-state index < -0.39 is 6.04 Å². The molecule has 0 spiro atoms. The molecule has 0 radical (unpaired) electrons. The fraction of sp³-hybridized carbons (Fsp3) is 0.355. The second-order valence-corrected chi connectivity index (χ2v) is 10.6. The van der Waals surface area contributed by atoms with Gasteiger partial charge in [-0.3, -0.25) is 9.59 Å². The normalized spacial score (nSPS) is 11.7. The number of rotatable bonds is 12. The van der Waals surface area contributed by atoms with Crippen molar-refractivity contribution in [3.63, 3.8) is 0 Å². The van der Waals surface area contributed by atoms with Gasteiger partial charge in [-0.05, 0) is 64.0 Å². The number of nitrogens with one attached hydrogen (secondary N) is 1. The highest BCUT2D eigenvalue weighted by Gasteiger charge is 2.31. The molecule has 0 saturated carbocycles. The van der Waals surface area contributed by atoms with Crippen molar-refractivity contribution in [2.75, 3.05) is 13.2 Å². The second-order valence-electron chi connectivity index (χ2n) is 9.76. The monoisotopic (exact) mass is 564 g/mol. The van der Waals surface area contributed by atoms with E-state index in [2.05, 4.69) is 42.0 Å². The number of benzene rings is 3. The Bertz CT molecular complexity index is 1180. The maximum atomic E-state index is 13.7. The third kappa shape index (κ3) is 8.74. The van der Waals surface area contributed by atoms with Gasteiger partial charge >= 0.3 is 0 Å². The van der Waals surface area contributed by atoms with Crippen LogP contribution in [0.4, 0.5) is 0 Å². The lowest BCUT2D eigenvalue weighted by Gasteiger charge is -2.32. The summed E-state index contributed by atoms with van der Waals surface area (Å²) in [5.74, 6) is 0.500. The minimum Gasteiger partial charge on any atom is -0.483 e. The minimum absolute atomic E-state index is 0.160. The zero-order valence-electron chi connectivity index (χ0n) is 22.2. The van der Waals surface area contributed by atoms with Gasteiger partial charge < -0.3 is 15.0 Å². The van der Waals surface area contributed by atoms with Crippen LogP contribution in [-0.2, 0) is 29.0 Å². The number of halogens is 1. The number of carbonyl (C=O) groups excluding carboxylic acids is 2. The SMILES string of the molecule is CCc1ccc(OCC(=O)N(Cc2cccc(C)c2)[C@H](Cc2ccccc2)C(=O)NCC(C)C)c(Br)c1. The van der Waals surface area contributed by atoms with Crippen LogP contribution >= 0.6 is 15.9 Å². The molecular weight excluding hydrogens is 528 g/mol. The van der Waals surface area contributed by atoms with Crippen LogP contribution in [0.2, 0.25) is 0 Å². The number of nitrogens with zero attached hydrogens (tertiary/aromatic N) is 1. The predicted molar refractivity (Wildman–Crippen MR) is 153 cm³/mol. The van der Waals surface area contributed by atoms with Crippen molar-refractivity contribution in [1.29, 1.82) is 0 Å². The summed E-state index contributed by atoms with van der Waals surface area (Å²) in [5.41, 5.74) is 4.24. The fourth-order valence-corrected chi connectivity index (χ4v) is 4.63. The lowest BCUT2D eigenvalue weighted by molar-refractivity contribution is -0.142. The number of hydrogen-bond acceptors (Lipinski definition) is 3. The molecule has 6 heteroatoms. The molecule has 3 rings (SSSR count). The minimum atomic E-state index is -0.677. The number of aryl methyl sites for hydroxylation is 2. The van der Waals surface area contributed by atoms with Crippen LogP contribution in [0.1, 0.15) is 43.0 Å². The highest BCUT2D eigenvalue weighted by molar-refractivity contribution is 9.10. The van der Waals surface area contributed by atoms with E-state index in [-0.39, 0.29) is 18.4 Å². The van der Waals surface area contributed by atoms with Crippen molar-refractivity contribution in [3.8, 4) is 5.75 Å². The van der Waals surface area contributed by atoms with Crippen LogP contribution in [0.15, 0.2) is 77.3 Å². The topological polar surface area (TPSA) is 58.6 Å². The molecule has 37 heavy (non-hydrogen) atoms. The van der Waals surface area contributed by atoms with E-state index in [9.17, 15) is 9.59 Å². The maximum Gasteiger partial charge on any atom is 0.261 e. The molecule has 0 heterocycles. The zero-order chi connectivity index (χ0) is 26.8. The predicted octanol–water partition coefficient (Wildman–Crippen LogP) is 6.11. The van der Waals surface area contributed by atoms with E-state index >= 15 is 0 Å². The summed E-state index contributed by atoms with van der Waals surface area (Å²) in [4.78, 5) is 28.9. The summed E-state index contributed by atoms with van der Waals surface area (Å²) in [6.45, 7) is 8.91. The average molecular weight is 566 g/mol.